The summed E-state index contributed by atoms with van der Waals surface area (Å²) in [6.45, 7) is 8.40. The van der Waals surface area contributed by atoms with Crippen molar-refractivity contribution in [3.05, 3.63) is 64.2 Å². The highest BCUT2D eigenvalue weighted by molar-refractivity contribution is 9.09. The molecular weight excluding hydrogens is 664 g/mol. The van der Waals surface area contributed by atoms with Crippen LogP contribution in [0, 0.1) is 0 Å². The summed E-state index contributed by atoms with van der Waals surface area (Å²) in [5.41, 5.74) is 0.169. The Hall–Kier alpha value is -3.19. The van der Waals surface area contributed by atoms with Crippen molar-refractivity contribution in [2.75, 3.05) is 13.2 Å². The van der Waals surface area contributed by atoms with Crippen LogP contribution >= 0.6 is 27.5 Å². The third-order valence-electron chi connectivity index (χ3n) is 7.38. The fourth-order valence-electron chi connectivity index (χ4n) is 5.60. The molecular formula is C31H34BrClO11. The molecule has 4 rings (SSSR count). The number of fused-ring (bicyclic) bond motifs is 2. The number of ether oxygens (including phenoxy) is 7. The van der Waals surface area contributed by atoms with Gasteiger partial charge in [-0.05, 0) is 49.2 Å². The topological polar surface area (TPSA) is 133 Å². The lowest BCUT2D eigenvalue weighted by Crippen LogP contribution is -2.70. The van der Waals surface area contributed by atoms with Gasteiger partial charge in [0.05, 0.1) is 18.0 Å². The van der Waals surface area contributed by atoms with Crippen molar-refractivity contribution in [1.82, 2.24) is 0 Å². The van der Waals surface area contributed by atoms with Gasteiger partial charge < -0.3 is 33.2 Å². The number of carbonyl (C=O) groups is 4. The van der Waals surface area contributed by atoms with E-state index in [-0.39, 0.29) is 6.61 Å². The first-order valence-corrected chi connectivity index (χ1v) is 15.2. The number of hydrogen-bond donors (Lipinski definition) is 0. The number of benzene rings is 2. The Kier molecular flexibility index (Phi) is 10.3. The van der Waals surface area contributed by atoms with Crippen LogP contribution in [-0.2, 0) is 53.4 Å². The minimum Gasteiger partial charge on any atom is -0.494 e. The standard InChI is InChI=1S/C31H34BrClO11/c1-7-38-23-11-8-21(9-12-23)26(32)24-14-22(10-13-25(24)33)31-29(43-20(6)37)27(41-18(4)35)28(42-19(5)36)30(44-31,15-39-31)16(2)40-17(3)34/h8-14,16,26-29H,7,15H2,1-6H3/t16?,26-,27-,28-,29+,30+,31?/m0/s1. The second kappa shape index (κ2) is 13.4. The number of esters is 4. The summed E-state index contributed by atoms with van der Waals surface area (Å²) in [5, 5.41) is 0.410. The van der Waals surface area contributed by atoms with E-state index in [0.717, 1.165) is 19.4 Å². The molecule has 11 nitrogen and oxygen atoms in total. The summed E-state index contributed by atoms with van der Waals surface area (Å²) in [4.78, 5) is 48.9. The van der Waals surface area contributed by atoms with Crippen molar-refractivity contribution >= 4 is 51.4 Å². The van der Waals surface area contributed by atoms with E-state index in [1.54, 1.807) is 25.1 Å². The predicted octanol–water partition coefficient (Wildman–Crippen LogP) is 4.92. The number of hydrogen-bond acceptors (Lipinski definition) is 11. The molecule has 2 unspecified atom stereocenters. The van der Waals surface area contributed by atoms with Crippen LogP contribution in [-0.4, -0.2) is 67.1 Å². The molecule has 44 heavy (non-hydrogen) atoms. The SMILES string of the molecule is CCOc1ccc([C@H](Br)c2cc(C34OC[C@](C(C)OC(C)=O)(O3)[C@@H](OC(C)=O)[C@H](OC(C)=O)[C@H]4OC(C)=O)ccc2Cl)cc1. The summed E-state index contributed by atoms with van der Waals surface area (Å²) in [7, 11) is 0. The lowest BCUT2D eigenvalue weighted by atomic mass is 9.80. The molecule has 2 aromatic rings. The molecule has 2 heterocycles. The van der Waals surface area contributed by atoms with E-state index in [0.29, 0.717) is 28.5 Å². The molecule has 0 radical (unpaired) electrons. The zero-order chi connectivity index (χ0) is 32.4. The molecule has 2 aromatic carbocycles. The molecule has 0 saturated carbocycles. The van der Waals surface area contributed by atoms with E-state index < -0.39 is 64.5 Å². The maximum atomic E-state index is 12.5. The van der Waals surface area contributed by atoms with Crippen molar-refractivity contribution in [3.63, 3.8) is 0 Å². The van der Waals surface area contributed by atoms with Gasteiger partial charge in [0.15, 0.2) is 17.8 Å². The van der Waals surface area contributed by atoms with E-state index in [4.69, 9.17) is 44.8 Å². The molecule has 2 aliphatic heterocycles. The van der Waals surface area contributed by atoms with Crippen LogP contribution in [0.15, 0.2) is 42.5 Å². The van der Waals surface area contributed by atoms with Gasteiger partial charge in [0.25, 0.3) is 0 Å². The van der Waals surface area contributed by atoms with E-state index in [1.807, 2.05) is 31.2 Å². The van der Waals surface area contributed by atoms with Crippen molar-refractivity contribution in [2.45, 2.75) is 82.2 Å². The van der Waals surface area contributed by atoms with Gasteiger partial charge >= 0.3 is 23.9 Å². The second-order valence-corrected chi connectivity index (χ2v) is 11.8. The molecule has 2 aliphatic rings. The largest absolute Gasteiger partial charge is 0.494 e. The molecule has 0 amide bonds. The Morgan fingerprint density at radius 1 is 0.932 bits per heavy atom. The zero-order valence-electron chi connectivity index (χ0n) is 25.1. The first-order chi connectivity index (χ1) is 20.7. The average Bonchev–Trinajstić information content (AvgIpc) is 3.32. The van der Waals surface area contributed by atoms with Gasteiger partial charge in [-0.2, -0.15) is 0 Å². The summed E-state index contributed by atoms with van der Waals surface area (Å²) >= 11 is 10.4. The Morgan fingerprint density at radius 3 is 2.11 bits per heavy atom. The minimum absolute atomic E-state index is 0.288. The van der Waals surface area contributed by atoms with E-state index in [9.17, 15) is 19.2 Å². The van der Waals surface area contributed by atoms with Gasteiger partial charge in [-0.25, -0.2) is 0 Å². The molecule has 0 aromatic heterocycles. The highest BCUT2D eigenvalue weighted by atomic mass is 79.9. The molecule has 0 spiro atoms. The molecule has 2 bridgehead atoms. The minimum atomic E-state index is -1.90. The Bertz CT molecular complexity index is 1420. The molecule has 0 aliphatic carbocycles. The van der Waals surface area contributed by atoms with E-state index in [1.165, 1.54) is 13.8 Å². The normalized spacial score (nSPS) is 27.0. The number of carbonyl (C=O) groups excluding carboxylic acids is 4. The third kappa shape index (κ3) is 6.58. The van der Waals surface area contributed by atoms with Gasteiger partial charge in [-0.15, -0.1) is 0 Å². The molecule has 7 atom stereocenters. The summed E-state index contributed by atoms with van der Waals surface area (Å²) in [6.07, 6.45) is -5.33. The van der Waals surface area contributed by atoms with Gasteiger partial charge in [0.1, 0.15) is 11.9 Å². The fourth-order valence-corrected chi connectivity index (χ4v) is 6.64. The molecule has 238 valence electrons. The fraction of sp³-hybridized carbons (Fsp3) is 0.484. The highest BCUT2D eigenvalue weighted by Crippen LogP contribution is 2.55. The Balaban J connectivity index is 1.89. The Labute approximate surface area is 268 Å². The van der Waals surface area contributed by atoms with E-state index in [2.05, 4.69) is 15.9 Å². The number of rotatable bonds is 10. The van der Waals surface area contributed by atoms with Crippen molar-refractivity contribution in [3.8, 4) is 5.75 Å². The van der Waals surface area contributed by atoms with Crippen molar-refractivity contribution in [2.24, 2.45) is 0 Å². The van der Waals surface area contributed by atoms with Crippen LogP contribution in [0.4, 0.5) is 0 Å². The summed E-state index contributed by atoms with van der Waals surface area (Å²) in [5.74, 6) is -4.05. The lowest BCUT2D eigenvalue weighted by Gasteiger charge is -2.50. The molecule has 2 saturated heterocycles. The molecule has 2 fully saturated rings. The summed E-state index contributed by atoms with van der Waals surface area (Å²) in [6, 6.07) is 12.5. The maximum absolute atomic E-state index is 12.5. The van der Waals surface area contributed by atoms with Crippen LogP contribution in [0.1, 0.15) is 63.1 Å². The van der Waals surface area contributed by atoms with Crippen LogP contribution in [0.25, 0.3) is 0 Å². The van der Waals surface area contributed by atoms with Crippen LogP contribution in [0.3, 0.4) is 0 Å². The number of halogens is 2. The van der Waals surface area contributed by atoms with Gasteiger partial charge in [-0.1, -0.05) is 45.7 Å². The highest BCUT2D eigenvalue weighted by Gasteiger charge is 2.74. The Morgan fingerprint density at radius 2 is 1.55 bits per heavy atom. The van der Waals surface area contributed by atoms with Crippen LogP contribution in [0.5, 0.6) is 5.75 Å². The van der Waals surface area contributed by atoms with Crippen LogP contribution < -0.4 is 4.74 Å². The van der Waals surface area contributed by atoms with E-state index >= 15 is 0 Å². The first-order valence-electron chi connectivity index (χ1n) is 13.9. The predicted molar refractivity (Wildman–Crippen MR) is 159 cm³/mol. The lowest BCUT2D eigenvalue weighted by molar-refractivity contribution is -0.340. The maximum Gasteiger partial charge on any atom is 0.303 e. The molecule has 0 N–H and O–H groups in total. The summed E-state index contributed by atoms with van der Waals surface area (Å²) < 4.78 is 41.2. The van der Waals surface area contributed by atoms with Crippen LogP contribution in [0.2, 0.25) is 5.02 Å². The second-order valence-electron chi connectivity index (χ2n) is 10.5. The zero-order valence-corrected chi connectivity index (χ0v) is 27.4. The van der Waals surface area contributed by atoms with Crippen molar-refractivity contribution in [1.29, 1.82) is 0 Å². The first kappa shape index (κ1) is 33.7. The average molecular weight is 698 g/mol. The molecule has 13 heteroatoms. The third-order valence-corrected chi connectivity index (χ3v) is 8.75. The monoisotopic (exact) mass is 696 g/mol. The number of alkyl halides is 1. The smallest absolute Gasteiger partial charge is 0.303 e. The quantitative estimate of drug-likeness (QED) is 0.190. The van der Waals surface area contributed by atoms with Gasteiger partial charge in [0, 0.05) is 38.3 Å². The van der Waals surface area contributed by atoms with Crippen molar-refractivity contribution < 1.29 is 52.3 Å². The van der Waals surface area contributed by atoms with Gasteiger partial charge in [0.2, 0.25) is 11.9 Å². The van der Waals surface area contributed by atoms with Gasteiger partial charge in [-0.3, -0.25) is 19.2 Å².